The van der Waals surface area contributed by atoms with E-state index in [9.17, 15) is 13.2 Å². The molecule has 0 atom stereocenters. The SMILES string of the molecule is Cc1ccc(S(=O)(=O)N(CCC(=O)O)c2cccc3ccccc23)cc1. The third-order valence-corrected chi connectivity index (χ3v) is 6.00. The summed E-state index contributed by atoms with van der Waals surface area (Å²) in [5, 5.41) is 10.7. The van der Waals surface area contributed by atoms with Crippen LogP contribution in [0.5, 0.6) is 0 Å². The van der Waals surface area contributed by atoms with Crippen molar-refractivity contribution < 1.29 is 18.3 Å². The molecule has 134 valence electrons. The molecule has 3 aromatic carbocycles. The van der Waals surface area contributed by atoms with E-state index in [2.05, 4.69) is 0 Å². The van der Waals surface area contributed by atoms with Crippen LogP contribution >= 0.6 is 0 Å². The smallest absolute Gasteiger partial charge is 0.305 e. The Hall–Kier alpha value is -2.86. The van der Waals surface area contributed by atoms with E-state index < -0.39 is 16.0 Å². The zero-order chi connectivity index (χ0) is 18.7. The average molecular weight is 369 g/mol. The molecule has 6 heteroatoms. The largest absolute Gasteiger partial charge is 0.481 e. The molecular weight excluding hydrogens is 350 g/mol. The van der Waals surface area contributed by atoms with Crippen molar-refractivity contribution in [3.05, 3.63) is 72.3 Å². The number of rotatable bonds is 6. The lowest BCUT2D eigenvalue weighted by Crippen LogP contribution is -2.33. The molecule has 0 radical (unpaired) electrons. The topological polar surface area (TPSA) is 74.7 Å². The summed E-state index contributed by atoms with van der Waals surface area (Å²) in [6.45, 7) is 1.74. The van der Waals surface area contributed by atoms with Gasteiger partial charge in [-0.3, -0.25) is 9.10 Å². The van der Waals surface area contributed by atoms with Crippen LogP contribution in [-0.2, 0) is 14.8 Å². The zero-order valence-electron chi connectivity index (χ0n) is 14.3. The van der Waals surface area contributed by atoms with Crippen LogP contribution in [0.25, 0.3) is 10.8 Å². The minimum absolute atomic E-state index is 0.139. The fourth-order valence-corrected chi connectivity index (χ4v) is 4.31. The maximum absolute atomic E-state index is 13.2. The van der Waals surface area contributed by atoms with Crippen LogP contribution < -0.4 is 4.31 Å². The Morgan fingerprint density at radius 3 is 2.31 bits per heavy atom. The van der Waals surface area contributed by atoms with Gasteiger partial charge >= 0.3 is 5.97 Å². The molecule has 0 spiro atoms. The second-order valence-electron chi connectivity index (χ2n) is 6.03. The first-order valence-corrected chi connectivity index (χ1v) is 9.62. The number of hydrogen-bond donors (Lipinski definition) is 1. The maximum Gasteiger partial charge on any atom is 0.305 e. The van der Waals surface area contributed by atoms with Crippen molar-refractivity contribution >= 4 is 32.5 Å². The second kappa shape index (κ2) is 7.17. The number of aliphatic carboxylic acids is 1. The molecule has 0 aromatic heterocycles. The first kappa shape index (κ1) is 17.9. The highest BCUT2D eigenvalue weighted by Crippen LogP contribution is 2.31. The first-order valence-electron chi connectivity index (χ1n) is 8.18. The molecule has 0 aliphatic carbocycles. The lowest BCUT2D eigenvalue weighted by Gasteiger charge is -2.25. The molecule has 0 saturated carbocycles. The minimum Gasteiger partial charge on any atom is -0.481 e. The van der Waals surface area contributed by atoms with Crippen molar-refractivity contribution in [1.82, 2.24) is 0 Å². The second-order valence-corrected chi connectivity index (χ2v) is 7.89. The summed E-state index contributed by atoms with van der Waals surface area (Å²) in [6, 6.07) is 19.4. The van der Waals surface area contributed by atoms with E-state index in [1.54, 1.807) is 36.4 Å². The maximum atomic E-state index is 13.2. The van der Waals surface area contributed by atoms with Gasteiger partial charge in [-0.2, -0.15) is 0 Å². The number of aryl methyl sites for hydroxylation is 1. The number of anilines is 1. The highest BCUT2D eigenvalue weighted by atomic mass is 32.2. The molecule has 0 aliphatic heterocycles. The van der Waals surface area contributed by atoms with Crippen molar-refractivity contribution in [2.45, 2.75) is 18.2 Å². The van der Waals surface area contributed by atoms with Gasteiger partial charge in [-0.15, -0.1) is 0 Å². The van der Waals surface area contributed by atoms with Gasteiger partial charge in [-0.05, 0) is 30.5 Å². The van der Waals surface area contributed by atoms with E-state index in [4.69, 9.17) is 5.11 Å². The summed E-state index contributed by atoms with van der Waals surface area (Å²) >= 11 is 0. The van der Waals surface area contributed by atoms with Crippen LogP contribution in [0.3, 0.4) is 0 Å². The van der Waals surface area contributed by atoms with Crippen LogP contribution in [0.4, 0.5) is 5.69 Å². The normalized spacial score (nSPS) is 11.4. The summed E-state index contributed by atoms with van der Waals surface area (Å²) in [6.07, 6.45) is -0.283. The highest BCUT2D eigenvalue weighted by molar-refractivity contribution is 7.92. The third-order valence-electron chi connectivity index (χ3n) is 4.17. The van der Waals surface area contributed by atoms with E-state index in [0.29, 0.717) is 5.69 Å². The van der Waals surface area contributed by atoms with Crippen LogP contribution in [0.15, 0.2) is 71.6 Å². The lowest BCUT2D eigenvalue weighted by atomic mass is 10.1. The van der Waals surface area contributed by atoms with Crippen molar-refractivity contribution in [1.29, 1.82) is 0 Å². The van der Waals surface area contributed by atoms with Gasteiger partial charge in [0.1, 0.15) is 0 Å². The summed E-state index contributed by atoms with van der Waals surface area (Å²) in [4.78, 5) is 11.2. The molecule has 0 saturated heterocycles. The van der Waals surface area contributed by atoms with Gasteiger partial charge in [0.15, 0.2) is 0 Å². The number of carboxylic acids is 1. The van der Waals surface area contributed by atoms with Crippen LogP contribution in [0.1, 0.15) is 12.0 Å². The van der Waals surface area contributed by atoms with Crippen molar-refractivity contribution in [3.8, 4) is 0 Å². The molecule has 3 rings (SSSR count). The minimum atomic E-state index is -3.89. The third kappa shape index (κ3) is 3.55. The summed E-state index contributed by atoms with van der Waals surface area (Å²) in [5.74, 6) is -1.05. The summed E-state index contributed by atoms with van der Waals surface area (Å²) < 4.78 is 27.7. The Labute approximate surface area is 152 Å². The predicted octanol–water partition coefficient (Wildman–Crippen LogP) is 3.82. The van der Waals surface area contributed by atoms with Gasteiger partial charge < -0.3 is 5.11 Å². The van der Waals surface area contributed by atoms with E-state index in [-0.39, 0.29) is 17.9 Å². The average Bonchev–Trinajstić information content (AvgIpc) is 2.62. The standard InChI is InChI=1S/C20H19NO4S/c1-15-9-11-17(12-10-15)26(24,25)21(14-13-20(22)23)19-8-4-6-16-5-2-3-7-18(16)19/h2-12H,13-14H2,1H3,(H,22,23). The van der Waals surface area contributed by atoms with E-state index in [1.165, 1.54) is 4.31 Å². The Bertz CT molecular complexity index is 1040. The van der Waals surface area contributed by atoms with Crippen molar-refractivity contribution in [2.75, 3.05) is 10.8 Å². The molecule has 0 bridgehead atoms. The number of benzene rings is 3. The lowest BCUT2D eigenvalue weighted by molar-refractivity contribution is -0.136. The summed E-state index contributed by atoms with van der Waals surface area (Å²) in [5.41, 5.74) is 1.43. The van der Waals surface area contributed by atoms with Gasteiger partial charge in [-0.1, -0.05) is 54.1 Å². The molecule has 5 nitrogen and oxygen atoms in total. The fraction of sp³-hybridized carbons (Fsp3) is 0.150. The van der Waals surface area contributed by atoms with E-state index >= 15 is 0 Å². The zero-order valence-corrected chi connectivity index (χ0v) is 15.1. The Morgan fingerprint density at radius 1 is 0.962 bits per heavy atom. The van der Waals surface area contributed by atoms with Gasteiger partial charge in [0.25, 0.3) is 10.0 Å². The van der Waals surface area contributed by atoms with Crippen LogP contribution in [0, 0.1) is 6.92 Å². The van der Waals surface area contributed by atoms with Crippen LogP contribution in [0.2, 0.25) is 0 Å². The first-order chi connectivity index (χ1) is 12.4. The fourth-order valence-electron chi connectivity index (χ4n) is 2.83. The molecule has 0 amide bonds. The number of nitrogens with zero attached hydrogens (tertiary/aromatic N) is 1. The predicted molar refractivity (Wildman–Crippen MR) is 102 cm³/mol. The summed E-state index contributed by atoms with van der Waals surface area (Å²) in [7, 11) is -3.89. The molecule has 26 heavy (non-hydrogen) atoms. The molecule has 0 heterocycles. The van der Waals surface area contributed by atoms with Gasteiger partial charge in [0, 0.05) is 11.9 Å². The molecule has 0 unspecified atom stereocenters. The molecule has 0 fully saturated rings. The highest BCUT2D eigenvalue weighted by Gasteiger charge is 2.26. The van der Waals surface area contributed by atoms with Gasteiger partial charge in [0.05, 0.1) is 17.0 Å². The van der Waals surface area contributed by atoms with E-state index in [1.807, 2.05) is 37.3 Å². The number of fused-ring (bicyclic) bond motifs is 1. The number of carboxylic acid groups (broad SMARTS) is 1. The number of carbonyl (C=O) groups is 1. The van der Waals surface area contributed by atoms with Crippen molar-refractivity contribution in [2.24, 2.45) is 0 Å². The molecular formula is C20H19NO4S. The Balaban J connectivity index is 2.16. The van der Waals surface area contributed by atoms with Gasteiger partial charge in [0.2, 0.25) is 0 Å². The quantitative estimate of drug-likeness (QED) is 0.717. The molecule has 0 aliphatic rings. The molecule has 1 N–H and O–H groups in total. The Kier molecular flexibility index (Phi) is 4.95. The van der Waals surface area contributed by atoms with E-state index in [0.717, 1.165) is 16.3 Å². The van der Waals surface area contributed by atoms with Crippen molar-refractivity contribution in [3.63, 3.8) is 0 Å². The Morgan fingerprint density at radius 2 is 1.62 bits per heavy atom. The number of sulfonamides is 1. The van der Waals surface area contributed by atoms with Crippen LogP contribution in [-0.4, -0.2) is 26.0 Å². The molecule has 3 aromatic rings. The number of hydrogen-bond acceptors (Lipinski definition) is 3. The van der Waals surface area contributed by atoms with Gasteiger partial charge in [-0.25, -0.2) is 8.42 Å². The monoisotopic (exact) mass is 369 g/mol.